The molecule has 3 aromatic carbocycles. The van der Waals surface area contributed by atoms with E-state index in [4.69, 9.17) is 0 Å². The monoisotopic (exact) mass is 378 g/mol. The van der Waals surface area contributed by atoms with Gasteiger partial charge in [-0.05, 0) is 40.5 Å². The van der Waals surface area contributed by atoms with E-state index >= 15 is 0 Å². The Morgan fingerprint density at radius 2 is 1.81 bits per heavy atom. The van der Waals surface area contributed by atoms with Crippen LogP contribution in [-0.2, 0) is 11.2 Å². The van der Waals surface area contributed by atoms with Crippen LogP contribution in [0.5, 0.6) is 5.75 Å². The summed E-state index contributed by atoms with van der Waals surface area (Å²) in [6, 6.07) is 12.1. The first-order valence-corrected chi connectivity index (χ1v) is 7.95. The van der Waals surface area contributed by atoms with Gasteiger partial charge in [0.15, 0.2) is 11.6 Å². The van der Waals surface area contributed by atoms with E-state index in [0.29, 0.717) is 16.5 Å². The minimum Gasteiger partial charge on any atom is -0.481 e. The molecule has 0 fully saturated rings. The Morgan fingerprint density at radius 1 is 1.11 bits per heavy atom. The molecule has 3 aromatic rings. The molecule has 0 amide bonds. The van der Waals surface area contributed by atoms with Crippen molar-refractivity contribution in [3.63, 3.8) is 0 Å². The van der Waals surface area contributed by atoms with Crippen LogP contribution in [0.2, 0.25) is 0 Å². The second-order valence-electron chi connectivity index (χ2n) is 6.00. The molecule has 0 bridgehead atoms. The van der Waals surface area contributed by atoms with Crippen LogP contribution in [0, 0.1) is 12.7 Å². The molecule has 0 aliphatic heterocycles. The predicted molar refractivity (Wildman–Crippen MR) is 92.1 cm³/mol. The van der Waals surface area contributed by atoms with E-state index in [-0.39, 0.29) is 11.1 Å². The van der Waals surface area contributed by atoms with Crippen molar-refractivity contribution in [2.45, 2.75) is 19.7 Å². The van der Waals surface area contributed by atoms with Gasteiger partial charge in [0.2, 0.25) is 0 Å². The lowest BCUT2D eigenvalue weighted by Crippen LogP contribution is -2.18. The molecule has 7 heteroatoms. The topological polar surface area (TPSA) is 46.5 Å². The largest absolute Gasteiger partial charge is 0.573 e. The third kappa shape index (κ3) is 3.86. The van der Waals surface area contributed by atoms with E-state index in [1.807, 2.05) is 0 Å². The summed E-state index contributed by atoms with van der Waals surface area (Å²) in [5.74, 6) is -3.29. The summed E-state index contributed by atoms with van der Waals surface area (Å²) in [7, 11) is 0. The third-order valence-corrected chi connectivity index (χ3v) is 4.17. The molecule has 1 N–H and O–H groups in total. The molecule has 0 aliphatic rings. The number of carboxylic acids is 1. The standard InChI is InChI=1S/C20H14F4O3/c1-11-9-12-5-2-3-6-13(12)18(15(11)10-17(25)26)14-7-4-8-16(19(14)21)27-20(22,23)24/h2-9H,10H2,1H3,(H,25,26). The summed E-state index contributed by atoms with van der Waals surface area (Å²) in [6.45, 7) is 1.68. The van der Waals surface area contributed by atoms with Gasteiger partial charge >= 0.3 is 12.3 Å². The normalized spacial score (nSPS) is 11.6. The first-order valence-electron chi connectivity index (χ1n) is 7.95. The highest BCUT2D eigenvalue weighted by Gasteiger charge is 2.33. The molecular formula is C20H14F4O3. The number of benzene rings is 3. The first kappa shape index (κ1) is 18.7. The average Bonchev–Trinajstić information content (AvgIpc) is 2.56. The number of hydrogen-bond acceptors (Lipinski definition) is 2. The number of carboxylic acid groups (broad SMARTS) is 1. The van der Waals surface area contributed by atoms with Crippen molar-refractivity contribution in [2.75, 3.05) is 0 Å². The van der Waals surface area contributed by atoms with Crippen LogP contribution in [0.3, 0.4) is 0 Å². The van der Waals surface area contributed by atoms with Gasteiger partial charge in [0.1, 0.15) is 0 Å². The highest BCUT2D eigenvalue weighted by Crippen LogP contribution is 2.39. The third-order valence-electron chi connectivity index (χ3n) is 4.17. The molecule has 3 rings (SSSR count). The van der Waals surface area contributed by atoms with E-state index in [1.54, 1.807) is 37.3 Å². The fourth-order valence-electron chi connectivity index (χ4n) is 3.12. The Balaban J connectivity index is 2.33. The van der Waals surface area contributed by atoms with Gasteiger partial charge in [0, 0.05) is 5.56 Å². The van der Waals surface area contributed by atoms with Crippen LogP contribution in [0.4, 0.5) is 17.6 Å². The van der Waals surface area contributed by atoms with Crippen LogP contribution in [0.15, 0.2) is 48.5 Å². The summed E-state index contributed by atoms with van der Waals surface area (Å²) < 4.78 is 56.3. The van der Waals surface area contributed by atoms with Crippen molar-refractivity contribution in [1.29, 1.82) is 0 Å². The fourth-order valence-corrected chi connectivity index (χ4v) is 3.12. The maximum Gasteiger partial charge on any atom is 0.573 e. The molecule has 0 aliphatic carbocycles. The Kier molecular flexibility index (Phi) is 4.78. The number of halogens is 4. The summed E-state index contributed by atoms with van der Waals surface area (Å²) in [6.07, 6.45) is -5.44. The number of rotatable bonds is 4. The second-order valence-corrected chi connectivity index (χ2v) is 6.00. The van der Waals surface area contributed by atoms with Gasteiger partial charge in [-0.3, -0.25) is 4.79 Å². The zero-order valence-corrected chi connectivity index (χ0v) is 14.1. The molecule has 3 nitrogen and oxygen atoms in total. The minimum atomic E-state index is -5.04. The van der Waals surface area contributed by atoms with Gasteiger partial charge in [-0.15, -0.1) is 13.2 Å². The fraction of sp³-hybridized carbons (Fsp3) is 0.150. The Morgan fingerprint density at radius 3 is 2.48 bits per heavy atom. The van der Waals surface area contributed by atoms with Crippen LogP contribution in [0.1, 0.15) is 11.1 Å². The van der Waals surface area contributed by atoms with Gasteiger partial charge < -0.3 is 9.84 Å². The Hall–Kier alpha value is -3.09. The smallest absolute Gasteiger partial charge is 0.481 e. The molecule has 0 saturated heterocycles. The lowest BCUT2D eigenvalue weighted by atomic mass is 9.88. The molecule has 0 radical (unpaired) electrons. The van der Waals surface area contributed by atoms with E-state index in [9.17, 15) is 27.5 Å². The zero-order valence-electron chi connectivity index (χ0n) is 14.1. The lowest BCUT2D eigenvalue weighted by Gasteiger charge is -2.18. The van der Waals surface area contributed by atoms with Crippen molar-refractivity contribution >= 4 is 16.7 Å². The molecular weight excluding hydrogens is 364 g/mol. The molecule has 27 heavy (non-hydrogen) atoms. The van der Waals surface area contributed by atoms with Crippen molar-refractivity contribution < 1.29 is 32.2 Å². The van der Waals surface area contributed by atoms with E-state index in [0.717, 1.165) is 11.5 Å². The van der Waals surface area contributed by atoms with Gasteiger partial charge in [0.25, 0.3) is 0 Å². The second kappa shape index (κ2) is 6.90. The summed E-state index contributed by atoms with van der Waals surface area (Å²) in [5.41, 5.74) is 1.04. The molecule has 0 unspecified atom stereocenters. The first-order chi connectivity index (χ1) is 12.7. The lowest BCUT2D eigenvalue weighted by molar-refractivity contribution is -0.275. The van der Waals surface area contributed by atoms with Crippen molar-refractivity contribution in [3.8, 4) is 16.9 Å². The van der Waals surface area contributed by atoms with Gasteiger partial charge in [0.05, 0.1) is 6.42 Å². The number of alkyl halides is 3. The van der Waals surface area contributed by atoms with Crippen molar-refractivity contribution in [3.05, 3.63) is 65.5 Å². The highest BCUT2D eigenvalue weighted by molar-refractivity contribution is 6.00. The van der Waals surface area contributed by atoms with Gasteiger partial charge in [-0.2, -0.15) is 0 Å². The number of hydrogen-bond donors (Lipinski definition) is 1. The molecule has 0 heterocycles. The van der Waals surface area contributed by atoms with E-state index in [1.165, 1.54) is 12.1 Å². The minimum absolute atomic E-state index is 0.145. The quantitative estimate of drug-likeness (QED) is 0.612. The molecule has 0 saturated carbocycles. The van der Waals surface area contributed by atoms with Crippen molar-refractivity contribution in [1.82, 2.24) is 0 Å². The number of aryl methyl sites for hydroxylation is 1. The number of fused-ring (bicyclic) bond motifs is 1. The van der Waals surface area contributed by atoms with Crippen LogP contribution in [0.25, 0.3) is 21.9 Å². The number of aliphatic carboxylic acids is 1. The molecule has 0 atom stereocenters. The average molecular weight is 378 g/mol. The van der Waals surface area contributed by atoms with Crippen molar-refractivity contribution in [2.24, 2.45) is 0 Å². The summed E-state index contributed by atoms with van der Waals surface area (Å²) >= 11 is 0. The van der Waals surface area contributed by atoms with Gasteiger partial charge in [-0.1, -0.05) is 42.5 Å². The number of carbonyl (C=O) groups is 1. The predicted octanol–water partition coefficient (Wildman–Crippen LogP) is 5.48. The van der Waals surface area contributed by atoms with E-state index in [2.05, 4.69) is 4.74 Å². The number of ether oxygens (including phenoxy) is 1. The molecule has 0 spiro atoms. The molecule has 140 valence electrons. The molecule has 0 aromatic heterocycles. The maximum atomic E-state index is 14.9. The van der Waals surface area contributed by atoms with Crippen LogP contribution in [-0.4, -0.2) is 17.4 Å². The summed E-state index contributed by atoms with van der Waals surface area (Å²) in [5, 5.41) is 10.5. The Bertz CT molecular complexity index is 1030. The van der Waals surface area contributed by atoms with Gasteiger partial charge in [-0.25, -0.2) is 4.39 Å². The summed E-state index contributed by atoms with van der Waals surface area (Å²) in [4.78, 5) is 11.3. The highest BCUT2D eigenvalue weighted by atomic mass is 19.4. The van der Waals surface area contributed by atoms with E-state index < -0.39 is 30.3 Å². The van der Waals surface area contributed by atoms with Crippen LogP contribution >= 0.6 is 0 Å². The zero-order chi connectivity index (χ0) is 19.8. The Labute approximate surface area is 151 Å². The van der Waals surface area contributed by atoms with Crippen LogP contribution < -0.4 is 4.74 Å². The maximum absolute atomic E-state index is 14.9. The SMILES string of the molecule is Cc1cc2ccccc2c(-c2cccc(OC(F)(F)F)c2F)c1CC(=O)O.